The van der Waals surface area contributed by atoms with Gasteiger partial charge in [0.2, 0.25) is 0 Å². The van der Waals surface area contributed by atoms with Crippen molar-refractivity contribution in [2.45, 2.75) is 52.6 Å². The number of nitrogens with one attached hydrogen (secondary N) is 1. The fourth-order valence-electron chi connectivity index (χ4n) is 2.04. The summed E-state index contributed by atoms with van der Waals surface area (Å²) in [6.45, 7) is 8.88. The summed E-state index contributed by atoms with van der Waals surface area (Å²) >= 11 is 12.1. The van der Waals surface area contributed by atoms with E-state index in [1.165, 1.54) is 12.8 Å². The maximum Gasteiger partial charge on any atom is 0.0468 e. The molecule has 0 aliphatic carbocycles. The molecule has 1 rings (SSSR count). The zero-order chi connectivity index (χ0) is 13.7. The van der Waals surface area contributed by atoms with E-state index >= 15 is 0 Å². The van der Waals surface area contributed by atoms with Crippen LogP contribution in [0.25, 0.3) is 0 Å². The van der Waals surface area contributed by atoms with Crippen molar-refractivity contribution in [2.24, 2.45) is 5.92 Å². The van der Waals surface area contributed by atoms with Crippen LogP contribution in [0.5, 0.6) is 0 Å². The van der Waals surface area contributed by atoms with Crippen LogP contribution in [0.1, 0.15) is 52.1 Å². The minimum Gasteiger partial charge on any atom is -0.308 e. The van der Waals surface area contributed by atoms with E-state index in [4.69, 9.17) is 23.2 Å². The van der Waals surface area contributed by atoms with Gasteiger partial charge in [-0.2, -0.15) is 0 Å². The number of hydrogen-bond donors (Lipinski definition) is 1. The Kier molecular flexibility index (Phi) is 6.48. The van der Waals surface area contributed by atoms with E-state index in [1.54, 1.807) is 6.07 Å². The molecular formula is C15H23Cl2N. The minimum atomic E-state index is 0.247. The molecule has 1 aromatic carbocycles. The van der Waals surface area contributed by atoms with Gasteiger partial charge in [0.1, 0.15) is 0 Å². The summed E-state index contributed by atoms with van der Waals surface area (Å²) in [7, 11) is 0. The number of rotatable bonds is 6. The van der Waals surface area contributed by atoms with Crippen molar-refractivity contribution >= 4 is 23.2 Å². The molecule has 0 heterocycles. The van der Waals surface area contributed by atoms with Gasteiger partial charge >= 0.3 is 0 Å². The fraction of sp³-hybridized carbons (Fsp3) is 0.600. The first-order chi connectivity index (χ1) is 8.40. The zero-order valence-electron chi connectivity index (χ0n) is 11.6. The highest BCUT2D eigenvalue weighted by Gasteiger charge is 2.13. The van der Waals surface area contributed by atoms with Crippen LogP contribution < -0.4 is 5.32 Å². The second kappa shape index (κ2) is 7.37. The van der Waals surface area contributed by atoms with E-state index in [2.05, 4.69) is 33.0 Å². The third kappa shape index (κ3) is 5.17. The standard InChI is InChI=1S/C15H23Cl2N/c1-10(2)5-6-11(3)18-12(4)14-8-7-13(16)9-15(14)17/h7-12,18H,5-6H2,1-4H3. The van der Waals surface area contributed by atoms with Crippen LogP contribution in [0, 0.1) is 5.92 Å². The number of hydrogen-bond acceptors (Lipinski definition) is 1. The topological polar surface area (TPSA) is 12.0 Å². The maximum atomic E-state index is 6.21. The molecule has 3 heteroatoms. The van der Waals surface area contributed by atoms with Gasteiger partial charge in [-0.3, -0.25) is 0 Å². The third-order valence-electron chi connectivity index (χ3n) is 3.14. The molecule has 2 unspecified atom stereocenters. The summed E-state index contributed by atoms with van der Waals surface area (Å²) in [6.07, 6.45) is 2.43. The fourth-order valence-corrected chi connectivity index (χ4v) is 2.61. The molecular weight excluding hydrogens is 265 g/mol. The van der Waals surface area contributed by atoms with Gasteiger partial charge in [-0.1, -0.05) is 43.1 Å². The lowest BCUT2D eigenvalue weighted by molar-refractivity contribution is 0.417. The second-order valence-electron chi connectivity index (χ2n) is 5.43. The molecule has 0 aliphatic rings. The molecule has 0 saturated carbocycles. The van der Waals surface area contributed by atoms with E-state index in [-0.39, 0.29) is 6.04 Å². The van der Waals surface area contributed by atoms with Crippen molar-refractivity contribution in [2.75, 3.05) is 0 Å². The van der Waals surface area contributed by atoms with Gasteiger partial charge in [-0.05, 0) is 50.3 Å². The Morgan fingerprint density at radius 2 is 1.72 bits per heavy atom. The van der Waals surface area contributed by atoms with E-state index in [0.29, 0.717) is 11.1 Å². The Labute approximate surface area is 121 Å². The highest BCUT2D eigenvalue weighted by molar-refractivity contribution is 6.35. The van der Waals surface area contributed by atoms with Crippen LogP contribution in [0.2, 0.25) is 10.0 Å². The molecule has 0 bridgehead atoms. The van der Waals surface area contributed by atoms with Gasteiger partial charge in [0.05, 0.1) is 0 Å². The molecule has 1 nitrogen and oxygen atoms in total. The first kappa shape index (κ1) is 15.8. The van der Waals surface area contributed by atoms with Crippen molar-refractivity contribution in [3.63, 3.8) is 0 Å². The first-order valence-electron chi connectivity index (χ1n) is 6.61. The summed E-state index contributed by atoms with van der Waals surface area (Å²) in [6, 6.07) is 6.43. The zero-order valence-corrected chi connectivity index (χ0v) is 13.1. The van der Waals surface area contributed by atoms with Gasteiger partial charge in [-0.25, -0.2) is 0 Å². The molecule has 0 saturated heterocycles. The van der Waals surface area contributed by atoms with E-state index < -0.39 is 0 Å². The molecule has 0 aromatic heterocycles. The predicted molar refractivity (Wildman–Crippen MR) is 81.5 cm³/mol. The Hall–Kier alpha value is -0.240. The smallest absolute Gasteiger partial charge is 0.0468 e. The van der Waals surface area contributed by atoms with E-state index in [0.717, 1.165) is 16.5 Å². The molecule has 0 fully saturated rings. The van der Waals surface area contributed by atoms with Crippen LogP contribution >= 0.6 is 23.2 Å². The van der Waals surface area contributed by atoms with Gasteiger partial charge in [-0.15, -0.1) is 0 Å². The van der Waals surface area contributed by atoms with Crippen molar-refractivity contribution in [3.8, 4) is 0 Å². The van der Waals surface area contributed by atoms with Crippen molar-refractivity contribution in [1.29, 1.82) is 0 Å². The van der Waals surface area contributed by atoms with Gasteiger partial charge in [0.25, 0.3) is 0 Å². The van der Waals surface area contributed by atoms with E-state index in [1.807, 2.05) is 12.1 Å². The summed E-state index contributed by atoms with van der Waals surface area (Å²) in [4.78, 5) is 0. The third-order valence-corrected chi connectivity index (χ3v) is 3.70. The molecule has 102 valence electrons. The minimum absolute atomic E-state index is 0.247. The molecule has 0 amide bonds. The first-order valence-corrected chi connectivity index (χ1v) is 7.36. The van der Waals surface area contributed by atoms with Gasteiger partial charge in [0.15, 0.2) is 0 Å². The highest BCUT2D eigenvalue weighted by Crippen LogP contribution is 2.26. The van der Waals surface area contributed by atoms with Crippen LogP contribution in [-0.4, -0.2) is 6.04 Å². The molecule has 2 atom stereocenters. The lowest BCUT2D eigenvalue weighted by Gasteiger charge is -2.22. The van der Waals surface area contributed by atoms with Gasteiger partial charge < -0.3 is 5.32 Å². The largest absolute Gasteiger partial charge is 0.308 e. The summed E-state index contributed by atoms with van der Waals surface area (Å²) in [5.74, 6) is 0.753. The van der Waals surface area contributed by atoms with Crippen LogP contribution in [0.15, 0.2) is 18.2 Å². The molecule has 0 radical (unpaired) electrons. The lowest BCUT2D eigenvalue weighted by Crippen LogP contribution is -2.29. The maximum absolute atomic E-state index is 6.21. The average molecular weight is 288 g/mol. The van der Waals surface area contributed by atoms with E-state index in [9.17, 15) is 0 Å². The Morgan fingerprint density at radius 3 is 2.28 bits per heavy atom. The lowest BCUT2D eigenvalue weighted by atomic mass is 10.0. The monoisotopic (exact) mass is 287 g/mol. The molecule has 18 heavy (non-hydrogen) atoms. The number of benzene rings is 1. The van der Waals surface area contributed by atoms with Crippen molar-refractivity contribution < 1.29 is 0 Å². The number of halogens is 2. The quantitative estimate of drug-likeness (QED) is 0.732. The highest BCUT2D eigenvalue weighted by atomic mass is 35.5. The van der Waals surface area contributed by atoms with Gasteiger partial charge in [0, 0.05) is 22.1 Å². The Balaban J connectivity index is 2.56. The average Bonchev–Trinajstić information content (AvgIpc) is 2.26. The molecule has 1 N–H and O–H groups in total. The summed E-state index contributed by atoms with van der Waals surface area (Å²) in [5.41, 5.74) is 1.11. The summed E-state index contributed by atoms with van der Waals surface area (Å²) in [5, 5.41) is 5.00. The van der Waals surface area contributed by atoms with Crippen LogP contribution in [-0.2, 0) is 0 Å². The van der Waals surface area contributed by atoms with Crippen LogP contribution in [0.3, 0.4) is 0 Å². The van der Waals surface area contributed by atoms with Crippen LogP contribution in [0.4, 0.5) is 0 Å². The Bertz CT molecular complexity index is 377. The molecule has 0 aliphatic heterocycles. The molecule has 1 aromatic rings. The normalized spacial score (nSPS) is 14.8. The van der Waals surface area contributed by atoms with Crippen molar-refractivity contribution in [3.05, 3.63) is 33.8 Å². The second-order valence-corrected chi connectivity index (χ2v) is 6.27. The summed E-state index contributed by atoms with van der Waals surface area (Å²) < 4.78 is 0. The molecule has 0 spiro atoms. The SMILES string of the molecule is CC(C)CCC(C)NC(C)c1ccc(Cl)cc1Cl. The predicted octanol–water partition coefficient (Wildman–Crippen LogP) is 5.47. The van der Waals surface area contributed by atoms with Crippen molar-refractivity contribution in [1.82, 2.24) is 5.32 Å². The Morgan fingerprint density at radius 1 is 1.06 bits per heavy atom.